The van der Waals surface area contributed by atoms with Gasteiger partial charge in [0.05, 0.1) is 0 Å². The molecule has 0 bridgehead atoms. The fourth-order valence-electron chi connectivity index (χ4n) is 3.57. The molecule has 2 aromatic rings. The van der Waals surface area contributed by atoms with Gasteiger partial charge in [0.2, 0.25) is 0 Å². The van der Waals surface area contributed by atoms with Crippen molar-refractivity contribution in [3.05, 3.63) is 65.2 Å². The van der Waals surface area contributed by atoms with Gasteiger partial charge >= 0.3 is 0 Å². The molecule has 0 aliphatic rings. The summed E-state index contributed by atoms with van der Waals surface area (Å²) in [7, 11) is 0. The Morgan fingerprint density at radius 1 is 0.963 bits per heavy atom. The van der Waals surface area contributed by atoms with Crippen LogP contribution in [0.1, 0.15) is 81.9 Å². The Balaban J connectivity index is 1.89. The zero-order valence-corrected chi connectivity index (χ0v) is 17.4. The van der Waals surface area contributed by atoms with Crippen LogP contribution in [0.15, 0.2) is 48.5 Å². The zero-order valence-electron chi connectivity index (χ0n) is 17.4. The second-order valence-corrected chi connectivity index (χ2v) is 7.75. The highest BCUT2D eigenvalue weighted by molar-refractivity contribution is 5.75. The molecule has 0 spiro atoms. The quantitative estimate of drug-likeness (QED) is 0.395. The van der Waals surface area contributed by atoms with Crippen molar-refractivity contribution in [3.63, 3.8) is 0 Å². The predicted octanol–water partition coefficient (Wildman–Crippen LogP) is 7.73. The van der Waals surface area contributed by atoms with Gasteiger partial charge in [-0.25, -0.2) is 0 Å². The number of ketones is 1. The molecule has 0 radical (unpaired) electrons. The topological polar surface area (TPSA) is 17.1 Å². The smallest absolute Gasteiger partial charge is 0.129 e. The molecule has 0 saturated carbocycles. The number of benzene rings is 2. The van der Waals surface area contributed by atoms with Gasteiger partial charge in [-0.1, -0.05) is 80.8 Å². The van der Waals surface area contributed by atoms with Crippen molar-refractivity contribution in [3.8, 4) is 11.1 Å². The molecule has 1 unspecified atom stereocenters. The molecule has 27 heavy (non-hydrogen) atoms. The molecule has 1 atom stereocenters. The van der Waals surface area contributed by atoms with Crippen molar-refractivity contribution in [2.45, 2.75) is 72.1 Å². The third kappa shape index (κ3) is 6.82. The third-order valence-corrected chi connectivity index (χ3v) is 5.35. The van der Waals surface area contributed by atoms with Crippen LogP contribution < -0.4 is 0 Å². The molecule has 0 fully saturated rings. The second kappa shape index (κ2) is 10.9. The van der Waals surface area contributed by atoms with Gasteiger partial charge in [-0.05, 0) is 67.3 Å². The van der Waals surface area contributed by atoms with E-state index in [1.807, 2.05) is 0 Å². The largest absolute Gasteiger partial charge is 0.300 e. The van der Waals surface area contributed by atoms with E-state index in [0.717, 1.165) is 12.8 Å². The fraction of sp³-hybridized carbons (Fsp3) is 0.423. The molecule has 1 nitrogen and oxygen atoms in total. The first kappa shape index (κ1) is 21.2. The molecule has 2 aromatic carbocycles. The van der Waals surface area contributed by atoms with Crippen LogP contribution >= 0.6 is 0 Å². The first-order valence-electron chi connectivity index (χ1n) is 10.3. The van der Waals surface area contributed by atoms with Gasteiger partial charge in [-0.3, -0.25) is 0 Å². The maximum atomic E-state index is 11.0. The highest BCUT2D eigenvalue weighted by Crippen LogP contribution is 2.27. The Morgan fingerprint density at radius 2 is 1.63 bits per heavy atom. The first-order valence-corrected chi connectivity index (χ1v) is 10.3. The van der Waals surface area contributed by atoms with Gasteiger partial charge in [0, 0.05) is 6.42 Å². The average molecular weight is 363 g/mol. The molecule has 0 aliphatic heterocycles. The predicted molar refractivity (Wildman–Crippen MR) is 118 cm³/mol. The van der Waals surface area contributed by atoms with E-state index in [4.69, 9.17) is 0 Å². The fourth-order valence-corrected chi connectivity index (χ4v) is 3.57. The second-order valence-electron chi connectivity index (χ2n) is 7.75. The number of unbranched alkanes of at least 4 members (excludes halogenated alkanes) is 3. The van der Waals surface area contributed by atoms with Gasteiger partial charge in [-0.15, -0.1) is 0 Å². The van der Waals surface area contributed by atoms with E-state index in [9.17, 15) is 4.79 Å². The summed E-state index contributed by atoms with van der Waals surface area (Å²) in [5, 5.41) is 0. The summed E-state index contributed by atoms with van der Waals surface area (Å²) in [6, 6.07) is 15.8. The van der Waals surface area contributed by atoms with Crippen LogP contribution in [0.5, 0.6) is 0 Å². The maximum Gasteiger partial charge on any atom is 0.129 e. The molecule has 1 heteroatoms. The van der Waals surface area contributed by atoms with E-state index >= 15 is 0 Å². The molecule has 0 heterocycles. The molecular formula is C26H34O. The summed E-state index contributed by atoms with van der Waals surface area (Å²) in [5.74, 6) is 0.904. The molecular weight excluding hydrogens is 328 g/mol. The molecule has 0 aliphatic carbocycles. The van der Waals surface area contributed by atoms with E-state index in [2.05, 4.69) is 75.4 Å². The number of hydrogen-bond acceptors (Lipinski definition) is 1. The number of rotatable bonds is 10. The van der Waals surface area contributed by atoms with Crippen molar-refractivity contribution < 1.29 is 4.79 Å². The van der Waals surface area contributed by atoms with Crippen molar-refractivity contribution in [1.82, 2.24) is 0 Å². The normalized spacial score (nSPS) is 12.4. The van der Waals surface area contributed by atoms with Gasteiger partial charge in [0.15, 0.2) is 0 Å². The summed E-state index contributed by atoms with van der Waals surface area (Å²) in [6.07, 6.45) is 10.9. The minimum atomic E-state index is 0.315. The zero-order chi connectivity index (χ0) is 19.6. The van der Waals surface area contributed by atoms with E-state index in [1.54, 1.807) is 6.92 Å². The average Bonchev–Trinajstić information content (AvgIpc) is 2.66. The molecule has 2 rings (SSSR count). The number of carbonyl (C=O) groups excluding carboxylic acids is 1. The third-order valence-electron chi connectivity index (χ3n) is 5.35. The van der Waals surface area contributed by atoms with Gasteiger partial charge in [0.1, 0.15) is 5.78 Å². The lowest BCUT2D eigenvalue weighted by atomic mass is 9.92. The van der Waals surface area contributed by atoms with Crippen LogP contribution in [-0.2, 0) is 4.79 Å². The molecule has 0 aromatic heterocycles. The van der Waals surface area contributed by atoms with Crippen LogP contribution in [0.4, 0.5) is 0 Å². The molecule has 0 amide bonds. The van der Waals surface area contributed by atoms with Crippen LogP contribution in [0, 0.1) is 6.92 Å². The summed E-state index contributed by atoms with van der Waals surface area (Å²) in [6.45, 7) is 8.23. The van der Waals surface area contributed by atoms with Gasteiger partial charge in [-0.2, -0.15) is 0 Å². The summed E-state index contributed by atoms with van der Waals surface area (Å²) >= 11 is 0. The maximum absolute atomic E-state index is 11.0. The monoisotopic (exact) mass is 362 g/mol. The molecule has 0 N–H and O–H groups in total. The highest BCUT2D eigenvalue weighted by atomic mass is 16.1. The summed E-state index contributed by atoms with van der Waals surface area (Å²) in [5.41, 5.74) is 6.59. The number of allylic oxidation sites excluding steroid dienone is 1. The Hall–Kier alpha value is -2.15. The SMILES string of the molecule is C/C=C\c1ccc(-c2ccc(C(C)CCCCCCC(C)=O)cc2)cc1C. The van der Waals surface area contributed by atoms with Crippen LogP contribution in [0.3, 0.4) is 0 Å². The van der Waals surface area contributed by atoms with Crippen molar-refractivity contribution in [2.75, 3.05) is 0 Å². The van der Waals surface area contributed by atoms with Crippen LogP contribution in [-0.4, -0.2) is 5.78 Å². The number of carbonyl (C=O) groups is 1. The number of hydrogen-bond donors (Lipinski definition) is 0. The van der Waals surface area contributed by atoms with Gasteiger partial charge < -0.3 is 4.79 Å². The minimum absolute atomic E-state index is 0.315. The lowest BCUT2D eigenvalue weighted by Crippen LogP contribution is -1.95. The van der Waals surface area contributed by atoms with Crippen LogP contribution in [0.2, 0.25) is 0 Å². The van der Waals surface area contributed by atoms with Gasteiger partial charge in [0.25, 0.3) is 0 Å². The summed E-state index contributed by atoms with van der Waals surface area (Å²) < 4.78 is 0. The van der Waals surface area contributed by atoms with Crippen molar-refractivity contribution in [2.24, 2.45) is 0 Å². The lowest BCUT2D eigenvalue weighted by molar-refractivity contribution is -0.117. The number of aryl methyl sites for hydroxylation is 1. The highest BCUT2D eigenvalue weighted by Gasteiger charge is 2.07. The Morgan fingerprint density at radius 3 is 2.26 bits per heavy atom. The standard InChI is InChI=1S/C26H34O/c1-5-10-23-15-18-26(19-21(23)3)25-16-13-24(14-17-25)20(2)11-8-6-7-9-12-22(4)27/h5,10,13-20H,6-9,11-12H2,1-4H3/b10-5-. The van der Waals surface area contributed by atoms with E-state index in [0.29, 0.717) is 11.7 Å². The van der Waals surface area contributed by atoms with E-state index in [-0.39, 0.29) is 0 Å². The van der Waals surface area contributed by atoms with E-state index in [1.165, 1.54) is 53.5 Å². The summed E-state index contributed by atoms with van der Waals surface area (Å²) in [4.78, 5) is 11.0. The van der Waals surface area contributed by atoms with Crippen molar-refractivity contribution >= 4 is 11.9 Å². The first-order chi connectivity index (χ1) is 13.0. The lowest BCUT2D eigenvalue weighted by Gasteiger charge is -2.13. The van der Waals surface area contributed by atoms with Crippen molar-refractivity contribution in [1.29, 1.82) is 0 Å². The minimum Gasteiger partial charge on any atom is -0.300 e. The Labute approximate surface area is 165 Å². The van der Waals surface area contributed by atoms with E-state index < -0.39 is 0 Å². The molecule has 0 saturated heterocycles. The Kier molecular flexibility index (Phi) is 8.51. The van der Waals surface area contributed by atoms with Crippen LogP contribution in [0.25, 0.3) is 17.2 Å². The Bertz CT molecular complexity index is 752. The molecule has 144 valence electrons. The number of Topliss-reactive ketones (excluding diaryl/α,β-unsaturated/α-hetero) is 1.